The number of amides is 1. The summed E-state index contributed by atoms with van der Waals surface area (Å²) in [5, 5.41) is 10.7. The third-order valence-corrected chi connectivity index (χ3v) is 7.56. The minimum Gasteiger partial charge on any atom is -0.296 e. The molecule has 0 saturated heterocycles. The van der Waals surface area contributed by atoms with Crippen LogP contribution >= 0.6 is 22.9 Å². The summed E-state index contributed by atoms with van der Waals surface area (Å²) in [7, 11) is -3.86. The molecule has 29 heavy (non-hydrogen) atoms. The van der Waals surface area contributed by atoms with E-state index >= 15 is 0 Å². The van der Waals surface area contributed by atoms with Gasteiger partial charge in [-0.15, -0.1) is 10.2 Å². The molecule has 0 fully saturated rings. The van der Waals surface area contributed by atoms with Crippen molar-refractivity contribution in [2.24, 2.45) is 0 Å². The monoisotopic (exact) mass is 448 g/mol. The average molecular weight is 449 g/mol. The number of hydrogen-bond donors (Lipinski definition) is 2. The van der Waals surface area contributed by atoms with Crippen LogP contribution in [0.5, 0.6) is 0 Å². The molecule has 3 aromatic rings. The fourth-order valence-corrected chi connectivity index (χ4v) is 5.54. The molecule has 1 atom stereocenters. The van der Waals surface area contributed by atoms with Crippen molar-refractivity contribution < 1.29 is 13.2 Å². The number of hydrogen-bond acceptors (Lipinski definition) is 6. The highest BCUT2D eigenvalue weighted by molar-refractivity contribution is 7.91. The number of carbonyl (C=O) groups is 1. The van der Waals surface area contributed by atoms with Crippen molar-refractivity contribution in [1.29, 1.82) is 0 Å². The third kappa shape index (κ3) is 4.48. The minimum absolute atomic E-state index is 0.106. The summed E-state index contributed by atoms with van der Waals surface area (Å²) in [6.45, 7) is 0. The van der Waals surface area contributed by atoms with Crippen molar-refractivity contribution >= 4 is 44.0 Å². The minimum atomic E-state index is -3.86. The van der Waals surface area contributed by atoms with Gasteiger partial charge in [-0.1, -0.05) is 47.2 Å². The highest BCUT2D eigenvalue weighted by Gasteiger charge is 2.28. The van der Waals surface area contributed by atoms with E-state index in [1.54, 1.807) is 24.3 Å². The van der Waals surface area contributed by atoms with E-state index in [4.69, 9.17) is 11.6 Å². The second-order valence-corrected chi connectivity index (χ2v) is 9.90. The first-order valence-electron chi connectivity index (χ1n) is 8.93. The van der Waals surface area contributed by atoms with Crippen LogP contribution in [0.3, 0.4) is 0 Å². The van der Waals surface area contributed by atoms with Gasteiger partial charge in [0.15, 0.2) is 0 Å². The first-order chi connectivity index (χ1) is 13.9. The Morgan fingerprint density at radius 3 is 2.66 bits per heavy atom. The highest BCUT2D eigenvalue weighted by atomic mass is 35.5. The summed E-state index contributed by atoms with van der Waals surface area (Å²) in [4.78, 5) is 12.3. The maximum absolute atomic E-state index is 12.8. The van der Waals surface area contributed by atoms with E-state index < -0.39 is 15.9 Å². The van der Waals surface area contributed by atoms with Gasteiger partial charge in [-0.25, -0.2) is 13.1 Å². The molecule has 7 nitrogen and oxygen atoms in total. The molecule has 0 spiro atoms. The second kappa shape index (κ2) is 8.19. The van der Waals surface area contributed by atoms with Crippen LogP contribution in [0.1, 0.15) is 40.4 Å². The zero-order valence-corrected chi connectivity index (χ0v) is 17.5. The number of nitrogens with zero attached hydrogens (tertiary/aromatic N) is 2. The van der Waals surface area contributed by atoms with Crippen molar-refractivity contribution in [2.75, 3.05) is 5.32 Å². The Kier molecular flexibility index (Phi) is 5.64. The SMILES string of the molecule is O=C(Nc1nnc(S(=O)(=O)N[C@@H]2CCCc3ccccc32)s1)c1ccc(Cl)cc1. The topological polar surface area (TPSA) is 101 Å². The molecule has 2 aromatic carbocycles. The Morgan fingerprint density at radius 2 is 1.86 bits per heavy atom. The average Bonchev–Trinajstić information content (AvgIpc) is 3.18. The Balaban J connectivity index is 1.48. The van der Waals surface area contributed by atoms with Crippen molar-refractivity contribution in [1.82, 2.24) is 14.9 Å². The quantitative estimate of drug-likeness (QED) is 0.578. The smallest absolute Gasteiger partial charge is 0.270 e. The number of aryl methyl sites for hydroxylation is 1. The standard InChI is InChI=1S/C19H17ClN4O3S2/c20-14-10-8-13(9-11-14)17(25)21-18-22-23-19(28-18)29(26,27)24-16-7-3-5-12-4-1-2-6-15(12)16/h1-2,4,6,8-11,16,24H,3,5,7H2,(H,21,22,25)/t16-/m1/s1. The van der Waals surface area contributed by atoms with Gasteiger partial charge in [-0.05, 0) is 54.7 Å². The van der Waals surface area contributed by atoms with Gasteiger partial charge >= 0.3 is 0 Å². The molecule has 1 aliphatic rings. The Hall–Kier alpha value is -2.33. The van der Waals surface area contributed by atoms with E-state index in [-0.39, 0.29) is 15.5 Å². The van der Waals surface area contributed by atoms with Crippen LogP contribution < -0.4 is 10.0 Å². The summed E-state index contributed by atoms with van der Waals surface area (Å²) >= 11 is 6.62. The predicted octanol–water partition coefficient (Wildman–Crippen LogP) is 3.80. The fourth-order valence-electron chi connectivity index (χ4n) is 3.25. The van der Waals surface area contributed by atoms with Crippen LogP contribution in [0.15, 0.2) is 52.9 Å². The number of nitrogens with one attached hydrogen (secondary N) is 2. The van der Waals surface area contributed by atoms with E-state index in [9.17, 15) is 13.2 Å². The van der Waals surface area contributed by atoms with Crippen LogP contribution in [0, 0.1) is 0 Å². The molecule has 4 rings (SSSR count). The molecule has 10 heteroatoms. The normalized spacial score (nSPS) is 16.2. The zero-order valence-electron chi connectivity index (χ0n) is 15.1. The van der Waals surface area contributed by atoms with E-state index in [0.29, 0.717) is 10.6 Å². The molecule has 1 heterocycles. The number of carbonyl (C=O) groups excluding carboxylic acids is 1. The molecule has 0 unspecified atom stereocenters. The van der Waals surface area contributed by atoms with Gasteiger partial charge in [0.2, 0.25) is 9.47 Å². The first kappa shape index (κ1) is 20.0. The Bertz CT molecular complexity index is 1150. The molecule has 0 aliphatic heterocycles. The fraction of sp³-hybridized carbons (Fsp3) is 0.211. The van der Waals surface area contributed by atoms with Crippen LogP contribution in [0.4, 0.5) is 5.13 Å². The zero-order chi connectivity index (χ0) is 20.4. The highest BCUT2D eigenvalue weighted by Crippen LogP contribution is 2.31. The number of aromatic nitrogens is 2. The first-order valence-corrected chi connectivity index (χ1v) is 11.6. The Labute approximate surface area is 177 Å². The largest absolute Gasteiger partial charge is 0.296 e. The van der Waals surface area contributed by atoms with Crippen LogP contribution in [-0.2, 0) is 16.4 Å². The third-order valence-electron chi connectivity index (χ3n) is 4.63. The number of sulfonamides is 1. The van der Waals surface area contributed by atoms with Crippen molar-refractivity contribution in [3.8, 4) is 0 Å². The summed E-state index contributed by atoms with van der Waals surface area (Å²) in [5.41, 5.74) is 2.52. The summed E-state index contributed by atoms with van der Waals surface area (Å²) < 4.78 is 28.1. The van der Waals surface area contributed by atoms with Crippen LogP contribution in [-0.4, -0.2) is 24.5 Å². The van der Waals surface area contributed by atoms with Gasteiger partial charge in [0.25, 0.3) is 15.9 Å². The molecule has 1 amide bonds. The molecular weight excluding hydrogens is 432 g/mol. The van der Waals surface area contributed by atoms with Crippen molar-refractivity contribution in [3.63, 3.8) is 0 Å². The maximum atomic E-state index is 12.8. The van der Waals surface area contributed by atoms with Gasteiger partial charge in [-0.2, -0.15) is 0 Å². The number of halogens is 1. The van der Waals surface area contributed by atoms with E-state index in [0.717, 1.165) is 41.7 Å². The van der Waals surface area contributed by atoms with Gasteiger partial charge in [0, 0.05) is 16.6 Å². The molecule has 1 aliphatic carbocycles. The lowest BCUT2D eigenvalue weighted by atomic mass is 9.88. The molecule has 0 radical (unpaired) electrons. The van der Waals surface area contributed by atoms with Gasteiger partial charge in [0.05, 0.1) is 0 Å². The molecule has 0 saturated carbocycles. The number of benzene rings is 2. The van der Waals surface area contributed by atoms with Crippen LogP contribution in [0.25, 0.3) is 0 Å². The molecule has 1 aromatic heterocycles. The van der Waals surface area contributed by atoms with Crippen molar-refractivity contribution in [2.45, 2.75) is 29.6 Å². The predicted molar refractivity (Wildman–Crippen MR) is 112 cm³/mol. The molecule has 150 valence electrons. The number of rotatable bonds is 5. The summed E-state index contributed by atoms with van der Waals surface area (Å²) in [6, 6.07) is 13.8. The van der Waals surface area contributed by atoms with E-state index in [1.807, 2.05) is 24.3 Å². The summed E-state index contributed by atoms with van der Waals surface area (Å²) in [6.07, 6.45) is 2.56. The van der Waals surface area contributed by atoms with E-state index in [2.05, 4.69) is 20.2 Å². The van der Waals surface area contributed by atoms with Crippen molar-refractivity contribution in [3.05, 3.63) is 70.2 Å². The maximum Gasteiger partial charge on any atom is 0.270 e. The van der Waals surface area contributed by atoms with Gasteiger partial charge in [-0.3, -0.25) is 10.1 Å². The molecule has 0 bridgehead atoms. The van der Waals surface area contributed by atoms with Crippen LogP contribution in [0.2, 0.25) is 5.02 Å². The lowest BCUT2D eigenvalue weighted by Crippen LogP contribution is -2.31. The molecule has 2 N–H and O–H groups in total. The summed E-state index contributed by atoms with van der Waals surface area (Å²) in [5.74, 6) is -0.420. The number of fused-ring (bicyclic) bond motifs is 1. The van der Waals surface area contributed by atoms with Gasteiger partial charge in [0.1, 0.15) is 0 Å². The van der Waals surface area contributed by atoms with Gasteiger partial charge < -0.3 is 0 Å². The number of anilines is 1. The Morgan fingerprint density at radius 1 is 1.10 bits per heavy atom. The lowest BCUT2D eigenvalue weighted by Gasteiger charge is -2.25. The second-order valence-electron chi connectivity index (χ2n) is 6.60. The van der Waals surface area contributed by atoms with E-state index in [1.165, 1.54) is 0 Å². The molecular formula is C19H17ClN4O3S2. The lowest BCUT2D eigenvalue weighted by molar-refractivity contribution is 0.102.